The molecule has 0 radical (unpaired) electrons. The number of amides is 3. The normalized spacial score (nSPS) is 22.3. The molecule has 27 nitrogen and oxygen atoms in total. The van der Waals surface area contributed by atoms with Crippen molar-refractivity contribution >= 4 is 60.0 Å². The average molecular weight is 1140 g/mol. The molecule has 5 rings (SSSR count). The van der Waals surface area contributed by atoms with Crippen LogP contribution in [0, 0.1) is 5.92 Å². The Balaban J connectivity index is 0.000000392. The zero-order chi connectivity index (χ0) is 60.6. The first-order valence-corrected chi connectivity index (χ1v) is 25.1. The van der Waals surface area contributed by atoms with Gasteiger partial charge in [0.2, 0.25) is 17.7 Å². The Morgan fingerprint density at radius 2 is 1.10 bits per heavy atom. The molecule has 2 saturated heterocycles. The van der Waals surface area contributed by atoms with Crippen molar-refractivity contribution in [3.05, 3.63) is 108 Å². The Labute approximate surface area is 467 Å². The van der Waals surface area contributed by atoms with Crippen molar-refractivity contribution in [3.63, 3.8) is 0 Å². The number of nitrogens with one attached hydrogen (secondary N) is 4. The largest absolute Gasteiger partial charge is 0.481 e. The number of aliphatic hydroxyl groups excluding tert-OH is 3. The summed E-state index contributed by atoms with van der Waals surface area (Å²) in [6, 6.07) is 25.0. The fraction of sp³-hybridized carbons (Fsp3) is 0.481. The number of carboxylic acids is 1. The lowest BCUT2D eigenvalue weighted by molar-refractivity contribution is -0.222. The molecule has 0 spiro atoms. The molecule has 2 fully saturated rings. The van der Waals surface area contributed by atoms with Gasteiger partial charge in [0.1, 0.15) is 75.2 Å². The van der Waals surface area contributed by atoms with E-state index in [4.69, 9.17) is 44.0 Å². The van der Waals surface area contributed by atoms with E-state index < -0.39 is 133 Å². The van der Waals surface area contributed by atoms with Crippen molar-refractivity contribution in [1.29, 1.82) is 0 Å². The van der Waals surface area contributed by atoms with Crippen molar-refractivity contribution in [1.82, 2.24) is 21.3 Å². The second-order valence-corrected chi connectivity index (χ2v) is 18.0. The highest BCUT2D eigenvalue weighted by molar-refractivity contribution is 5.83. The number of aliphatic hydroxyl groups is 3. The number of carbonyl (C=O) groups is 10. The number of rotatable bonds is 22. The van der Waals surface area contributed by atoms with Gasteiger partial charge >= 0.3 is 35.8 Å². The molecule has 0 aromatic heterocycles. The lowest BCUT2D eigenvalue weighted by Gasteiger charge is -2.44. The van der Waals surface area contributed by atoms with E-state index in [0.29, 0.717) is 13.1 Å². The summed E-state index contributed by atoms with van der Waals surface area (Å²) in [4.78, 5) is 113. The van der Waals surface area contributed by atoms with Crippen LogP contribution in [0.3, 0.4) is 0 Å². The summed E-state index contributed by atoms with van der Waals surface area (Å²) in [7, 11) is 1.53. The first-order valence-electron chi connectivity index (χ1n) is 25.1. The van der Waals surface area contributed by atoms with E-state index in [-0.39, 0.29) is 32.7 Å². The Kier molecular flexibility index (Phi) is 31.7. The van der Waals surface area contributed by atoms with Gasteiger partial charge in [-0.15, -0.1) is 0 Å². The predicted molar refractivity (Wildman–Crippen MR) is 280 cm³/mol. The second kappa shape index (κ2) is 37.1. The van der Waals surface area contributed by atoms with Crippen molar-refractivity contribution < 1.29 is 106 Å². The fourth-order valence-corrected chi connectivity index (χ4v) is 7.46. The van der Waals surface area contributed by atoms with Crippen LogP contribution in [0.5, 0.6) is 0 Å². The number of carboxylic acid groups (broad SMARTS) is 1. The number of benzene rings is 3. The average Bonchev–Trinajstić information content (AvgIpc) is 3.42. The van der Waals surface area contributed by atoms with Gasteiger partial charge in [-0.05, 0) is 23.7 Å². The van der Waals surface area contributed by atoms with Crippen LogP contribution in [0.1, 0.15) is 71.1 Å². The van der Waals surface area contributed by atoms with Crippen LogP contribution in [-0.2, 0) is 106 Å². The number of hydrogen-bond acceptors (Lipinski definition) is 23. The molecule has 446 valence electrons. The molecule has 10 N–H and O–H groups in total. The highest BCUT2D eigenvalue weighted by Gasteiger charge is 2.50. The van der Waals surface area contributed by atoms with Crippen LogP contribution < -0.4 is 27.0 Å². The molecule has 3 amide bonds. The topological polar surface area (TPSA) is 400 Å². The van der Waals surface area contributed by atoms with Gasteiger partial charge in [0.05, 0.1) is 18.9 Å². The van der Waals surface area contributed by atoms with E-state index in [2.05, 4.69) is 26.0 Å². The van der Waals surface area contributed by atoms with Crippen LogP contribution in [0.15, 0.2) is 91.0 Å². The van der Waals surface area contributed by atoms with E-state index in [9.17, 15) is 63.3 Å². The van der Waals surface area contributed by atoms with Crippen molar-refractivity contribution in [2.24, 2.45) is 11.7 Å². The monoisotopic (exact) mass is 1140 g/mol. The van der Waals surface area contributed by atoms with Crippen LogP contribution in [0.2, 0.25) is 0 Å². The molecule has 12 atom stereocenters. The molecule has 3 aromatic carbocycles. The first kappa shape index (κ1) is 69.2. The van der Waals surface area contributed by atoms with Crippen molar-refractivity contribution in [2.45, 2.75) is 141 Å². The van der Waals surface area contributed by atoms with Gasteiger partial charge in [-0.1, -0.05) is 97.9 Å². The Morgan fingerprint density at radius 1 is 0.617 bits per heavy atom. The Bertz CT molecular complexity index is 2460. The van der Waals surface area contributed by atoms with Gasteiger partial charge in [0.15, 0.2) is 18.4 Å². The quantitative estimate of drug-likeness (QED) is 0.0350. The zero-order valence-corrected chi connectivity index (χ0v) is 45.8. The molecule has 27 heteroatoms. The first-order chi connectivity index (χ1) is 38.4. The van der Waals surface area contributed by atoms with Gasteiger partial charge in [-0.25, -0.2) is 0 Å². The minimum atomic E-state index is -1.47. The number of esters is 5. The summed E-state index contributed by atoms with van der Waals surface area (Å²) >= 11 is 0. The third kappa shape index (κ3) is 26.7. The molecular weight excluding hydrogens is 1070 g/mol. The summed E-state index contributed by atoms with van der Waals surface area (Å²) in [6.07, 6.45) is -10.0. The third-order valence-corrected chi connectivity index (χ3v) is 11.3. The highest BCUT2D eigenvalue weighted by atomic mass is 16.6. The standard InChI is InChI=1S/C20H28N2O8.C14H22N2O8.C12H15NO4.C8H8O2/c1-11(20(28)29-10-13-6-4-3-5-7-13)8-15(25)22-19-16(21-12(2)24)18(27)17(26)14(9-23)30-19;1-6(17)16-11-13(23-9(4)20)12(22-8(3)19)10(24-14(11)15)5-21-7(2)18;1-13-10(7-11(14)15)12(16)17-8-9-5-3-2-4-6-9;9-7-10-6-8-4-2-1-3-5-8/h3-7,11,14,16-19,23,26-27H,8-10H2,1-2H3,(H,21,24)(H,22,25);10-14H,5,15H2,1-4H3,(H,16,17);2-6,10,13H,7-8H2,1H3,(H,14,15);1-5,7H,6H2/t11-,14?,16?,17?,18?,19?;;;/m0.../s1. The summed E-state index contributed by atoms with van der Waals surface area (Å²) in [5.74, 6) is -6.31. The van der Waals surface area contributed by atoms with E-state index in [1.54, 1.807) is 0 Å². The summed E-state index contributed by atoms with van der Waals surface area (Å²) in [5.41, 5.74) is 8.57. The van der Waals surface area contributed by atoms with Gasteiger partial charge in [-0.3, -0.25) is 47.9 Å². The maximum absolute atomic E-state index is 12.4. The number of aliphatic carboxylic acids is 1. The Hall–Kier alpha value is -7.92. The number of likely N-dealkylation sites (N-methyl/N-ethyl adjacent to an activating group) is 1. The number of nitrogens with two attached hydrogens (primary N) is 1. The molecule has 0 bridgehead atoms. The van der Waals surface area contributed by atoms with Crippen LogP contribution >= 0.6 is 0 Å². The highest BCUT2D eigenvalue weighted by Crippen LogP contribution is 2.26. The van der Waals surface area contributed by atoms with Gasteiger partial charge < -0.3 is 85.3 Å². The maximum Gasteiger partial charge on any atom is 0.324 e. The van der Waals surface area contributed by atoms with E-state index >= 15 is 0 Å². The predicted octanol–water partition coefficient (Wildman–Crippen LogP) is -0.431. The molecule has 2 aliphatic rings. The zero-order valence-electron chi connectivity index (χ0n) is 45.8. The van der Waals surface area contributed by atoms with E-state index in [1.807, 2.05) is 91.0 Å². The molecule has 81 heavy (non-hydrogen) atoms. The summed E-state index contributed by atoms with van der Waals surface area (Å²) in [6.45, 7) is 7.73. The van der Waals surface area contributed by atoms with E-state index in [0.717, 1.165) is 30.5 Å². The van der Waals surface area contributed by atoms with Gasteiger partial charge in [0, 0.05) is 41.0 Å². The number of hydrogen-bond donors (Lipinski definition) is 9. The minimum absolute atomic E-state index is 0.0875. The van der Waals surface area contributed by atoms with Gasteiger partial charge in [0.25, 0.3) is 6.47 Å². The summed E-state index contributed by atoms with van der Waals surface area (Å²) in [5, 5.41) is 48.2. The molecule has 0 saturated carbocycles. The molecule has 11 unspecified atom stereocenters. The number of carbonyl (C=O) groups excluding carboxylic acids is 9. The number of ether oxygens (including phenoxy) is 8. The van der Waals surface area contributed by atoms with Crippen molar-refractivity contribution in [2.75, 3.05) is 20.3 Å². The lowest BCUT2D eigenvalue weighted by Crippen LogP contribution is -2.68. The van der Waals surface area contributed by atoms with Crippen molar-refractivity contribution in [3.8, 4) is 0 Å². The van der Waals surface area contributed by atoms with Crippen LogP contribution in [-0.4, -0.2) is 168 Å². The van der Waals surface area contributed by atoms with Crippen LogP contribution in [0.4, 0.5) is 0 Å². The van der Waals surface area contributed by atoms with Gasteiger partial charge in [-0.2, -0.15) is 0 Å². The molecule has 2 heterocycles. The Morgan fingerprint density at radius 3 is 1.54 bits per heavy atom. The molecule has 2 aliphatic heterocycles. The maximum atomic E-state index is 12.4. The minimum Gasteiger partial charge on any atom is -0.481 e. The smallest absolute Gasteiger partial charge is 0.324 e. The van der Waals surface area contributed by atoms with E-state index in [1.165, 1.54) is 34.7 Å². The van der Waals surface area contributed by atoms with Crippen LogP contribution in [0.25, 0.3) is 0 Å². The SMILES string of the molecule is CC(=O)NC1C(N)OC(COC(C)=O)C(OC(C)=O)C1OC(C)=O.CC(=O)NC1C(NC(=O)C[C@H](C)C(=O)OCc2ccccc2)OC(CO)C(O)C1O.CNC(CC(=O)O)C(=O)OCc1ccccc1.O=COCc1ccccc1. The lowest BCUT2D eigenvalue weighted by atomic mass is 9.95. The second-order valence-electron chi connectivity index (χ2n) is 18.0. The summed E-state index contributed by atoms with van der Waals surface area (Å²) < 4.78 is 40.9. The third-order valence-electron chi connectivity index (χ3n) is 11.3. The molecular formula is C54H73N5O22. The fourth-order valence-electron chi connectivity index (χ4n) is 7.46. The molecule has 3 aromatic rings. The molecule has 0 aliphatic carbocycles.